The number of hydrogen-bond donors (Lipinski definition) is 3. The minimum absolute atomic E-state index is 0.124. The van der Waals surface area contributed by atoms with E-state index in [1.54, 1.807) is 6.92 Å². The molecule has 0 fully saturated rings. The normalized spacial score (nSPS) is 11.5. The van der Waals surface area contributed by atoms with E-state index in [2.05, 4.69) is 22.9 Å². The molecular formula is C37H66N3O8. The molecule has 0 aliphatic heterocycles. The zero-order valence-electron chi connectivity index (χ0n) is 30.3. The van der Waals surface area contributed by atoms with Gasteiger partial charge in [0.1, 0.15) is 18.0 Å². The van der Waals surface area contributed by atoms with Crippen molar-refractivity contribution in [1.29, 1.82) is 0 Å². The summed E-state index contributed by atoms with van der Waals surface area (Å²) in [6.07, 6.45) is 19.3. The molecule has 0 aliphatic rings. The van der Waals surface area contributed by atoms with E-state index < -0.39 is 12.1 Å². The van der Waals surface area contributed by atoms with Crippen LogP contribution < -0.4 is 16.0 Å². The van der Waals surface area contributed by atoms with Crippen molar-refractivity contribution < 1.29 is 38.2 Å². The summed E-state index contributed by atoms with van der Waals surface area (Å²) in [4.78, 5) is 70.5. The monoisotopic (exact) mass is 680 g/mol. The van der Waals surface area contributed by atoms with Crippen molar-refractivity contribution in [1.82, 2.24) is 16.0 Å². The molecule has 1 atom stereocenters. The number of carbonyl (C=O) groups excluding carboxylic acids is 6. The van der Waals surface area contributed by atoms with Crippen LogP contribution in [0.5, 0.6) is 0 Å². The van der Waals surface area contributed by atoms with E-state index >= 15 is 0 Å². The van der Waals surface area contributed by atoms with Crippen molar-refractivity contribution in [2.24, 2.45) is 0 Å². The number of Topliss-reactive ketones (excluding diaryl/α,β-unsaturated/α-hetero) is 2. The number of rotatable bonds is 33. The van der Waals surface area contributed by atoms with Crippen LogP contribution >= 0.6 is 0 Å². The average molecular weight is 681 g/mol. The summed E-state index contributed by atoms with van der Waals surface area (Å²) < 4.78 is 10.2. The number of ketones is 2. The van der Waals surface area contributed by atoms with Gasteiger partial charge in [-0.3, -0.25) is 24.5 Å². The maximum Gasteiger partial charge on any atom is 0.413 e. The predicted octanol–water partition coefficient (Wildman–Crippen LogP) is 6.84. The number of ether oxygens (including phenoxy) is 2. The van der Waals surface area contributed by atoms with Gasteiger partial charge in [-0.1, -0.05) is 57.8 Å². The number of amides is 3. The van der Waals surface area contributed by atoms with Crippen LogP contribution in [0.3, 0.4) is 0 Å². The van der Waals surface area contributed by atoms with Crippen LogP contribution in [0, 0.1) is 6.42 Å². The van der Waals surface area contributed by atoms with E-state index in [9.17, 15) is 28.8 Å². The van der Waals surface area contributed by atoms with Crippen molar-refractivity contribution in [2.45, 2.75) is 168 Å². The summed E-state index contributed by atoms with van der Waals surface area (Å²) >= 11 is 0. The number of imide groups is 1. The first kappa shape index (κ1) is 45.2. The van der Waals surface area contributed by atoms with Crippen LogP contribution in [0.2, 0.25) is 0 Å². The van der Waals surface area contributed by atoms with E-state index in [0.29, 0.717) is 38.5 Å². The molecule has 1 unspecified atom stereocenters. The highest BCUT2D eigenvalue weighted by atomic mass is 16.5. The molecule has 0 rings (SSSR count). The van der Waals surface area contributed by atoms with Crippen molar-refractivity contribution in [3.05, 3.63) is 6.42 Å². The smallest absolute Gasteiger partial charge is 0.413 e. The first-order valence-electron chi connectivity index (χ1n) is 18.6. The van der Waals surface area contributed by atoms with Gasteiger partial charge >= 0.3 is 12.1 Å². The Morgan fingerprint density at radius 1 is 0.583 bits per heavy atom. The lowest BCUT2D eigenvalue weighted by molar-refractivity contribution is -0.141. The summed E-state index contributed by atoms with van der Waals surface area (Å²) in [6.45, 7) is 5.10. The fourth-order valence-electron chi connectivity index (χ4n) is 5.18. The molecule has 1 radical (unpaired) electrons. The lowest BCUT2D eigenvalue weighted by atomic mass is 10.1. The van der Waals surface area contributed by atoms with E-state index in [1.807, 2.05) is 7.05 Å². The van der Waals surface area contributed by atoms with Crippen LogP contribution in [0.25, 0.3) is 0 Å². The van der Waals surface area contributed by atoms with Crippen molar-refractivity contribution >= 4 is 35.4 Å². The molecule has 0 spiro atoms. The number of alkyl carbamates (subject to hydrolysis) is 1. The Bertz CT molecular complexity index is 896. The third kappa shape index (κ3) is 33.1. The molecule has 0 saturated heterocycles. The summed E-state index contributed by atoms with van der Waals surface area (Å²) in [5.41, 5.74) is 0. The molecule has 277 valence electrons. The van der Waals surface area contributed by atoms with Gasteiger partial charge in [0.25, 0.3) is 0 Å². The molecule has 0 aromatic heterocycles. The van der Waals surface area contributed by atoms with Gasteiger partial charge in [0.05, 0.1) is 13.2 Å². The SMILES string of the molecule is CNCCCCC(C)NC(=O)CCCCCCCCC(=O)[CH]C(=O)OCCCCCCOC(=O)NC(=O)CCCCCCCCC(C)=O. The highest BCUT2D eigenvalue weighted by Gasteiger charge is 2.12. The molecule has 0 bridgehead atoms. The number of carbonyl (C=O) groups is 6. The summed E-state index contributed by atoms with van der Waals surface area (Å²) in [5.74, 6) is -0.824. The first-order valence-corrected chi connectivity index (χ1v) is 18.6. The topological polar surface area (TPSA) is 157 Å². The summed E-state index contributed by atoms with van der Waals surface area (Å²) in [7, 11) is 1.95. The molecule has 3 N–H and O–H groups in total. The van der Waals surface area contributed by atoms with E-state index in [4.69, 9.17) is 9.47 Å². The molecule has 48 heavy (non-hydrogen) atoms. The van der Waals surface area contributed by atoms with Gasteiger partial charge in [-0.15, -0.1) is 0 Å². The minimum atomic E-state index is -0.730. The predicted molar refractivity (Wildman–Crippen MR) is 188 cm³/mol. The van der Waals surface area contributed by atoms with Crippen molar-refractivity contribution in [3.63, 3.8) is 0 Å². The Labute approximate surface area is 290 Å². The second-order valence-corrected chi connectivity index (χ2v) is 12.9. The Morgan fingerprint density at radius 3 is 1.67 bits per heavy atom. The van der Waals surface area contributed by atoms with Crippen LogP contribution in [-0.2, 0) is 33.4 Å². The molecule has 0 aromatic carbocycles. The number of esters is 1. The van der Waals surface area contributed by atoms with Gasteiger partial charge < -0.3 is 24.9 Å². The average Bonchev–Trinajstić information content (AvgIpc) is 3.02. The van der Waals surface area contributed by atoms with Crippen molar-refractivity contribution in [2.75, 3.05) is 26.8 Å². The minimum Gasteiger partial charge on any atom is -0.465 e. The van der Waals surface area contributed by atoms with Crippen LogP contribution in [0.4, 0.5) is 4.79 Å². The molecular weight excluding hydrogens is 614 g/mol. The Morgan fingerprint density at radius 2 is 1.08 bits per heavy atom. The number of hydrogen-bond acceptors (Lipinski definition) is 9. The second kappa shape index (κ2) is 32.7. The summed E-state index contributed by atoms with van der Waals surface area (Å²) in [6, 6.07) is 0.215. The zero-order valence-corrected chi connectivity index (χ0v) is 30.3. The van der Waals surface area contributed by atoms with Gasteiger partial charge in [-0.05, 0) is 91.6 Å². The van der Waals surface area contributed by atoms with Gasteiger partial charge in [-0.2, -0.15) is 0 Å². The third-order valence-electron chi connectivity index (χ3n) is 8.02. The third-order valence-corrected chi connectivity index (χ3v) is 8.02. The quantitative estimate of drug-likeness (QED) is 0.0383. The fourth-order valence-corrected chi connectivity index (χ4v) is 5.18. The Balaban J connectivity index is 3.55. The number of unbranched alkanes of at least 4 members (excludes halogenated alkanes) is 14. The lowest BCUT2D eigenvalue weighted by Crippen LogP contribution is -2.32. The standard InChI is InChI=1S/C37H66N3O8/c1-31(22-18-19-27-38-3)39-34(43)25-16-10-7-5-9-15-24-33(42)30-36(45)47-28-20-12-13-21-29-48-37(46)40-35(44)26-17-11-6-4-8-14-23-32(2)41/h30-31,38H,4-29H2,1-3H3,(H,39,43)(H,40,44,46). The van der Waals surface area contributed by atoms with E-state index in [0.717, 1.165) is 116 Å². The molecule has 0 saturated carbocycles. The highest BCUT2D eigenvalue weighted by molar-refractivity contribution is 6.07. The lowest BCUT2D eigenvalue weighted by Gasteiger charge is -2.13. The summed E-state index contributed by atoms with van der Waals surface area (Å²) in [5, 5.41) is 8.45. The largest absolute Gasteiger partial charge is 0.465 e. The zero-order chi connectivity index (χ0) is 35.7. The van der Waals surface area contributed by atoms with Crippen LogP contribution in [0.1, 0.15) is 162 Å². The van der Waals surface area contributed by atoms with Gasteiger partial charge in [0.15, 0.2) is 0 Å². The van der Waals surface area contributed by atoms with Crippen LogP contribution in [0.15, 0.2) is 0 Å². The van der Waals surface area contributed by atoms with Gasteiger partial charge in [0, 0.05) is 31.7 Å². The molecule has 0 heterocycles. The van der Waals surface area contributed by atoms with E-state index in [-0.39, 0.29) is 49.1 Å². The highest BCUT2D eigenvalue weighted by Crippen LogP contribution is 2.11. The van der Waals surface area contributed by atoms with Crippen LogP contribution in [-0.4, -0.2) is 68.3 Å². The molecule has 0 aliphatic carbocycles. The maximum atomic E-state index is 12.1. The van der Waals surface area contributed by atoms with Gasteiger partial charge in [-0.25, -0.2) is 4.79 Å². The maximum absolute atomic E-state index is 12.1. The van der Waals surface area contributed by atoms with Gasteiger partial charge in [0.2, 0.25) is 11.8 Å². The fraction of sp³-hybridized carbons (Fsp3) is 0.811. The Kier molecular flexibility index (Phi) is 30.8. The Hall–Kier alpha value is -2.82. The second-order valence-electron chi connectivity index (χ2n) is 12.9. The van der Waals surface area contributed by atoms with Crippen molar-refractivity contribution in [3.8, 4) is 0 Å². The molecule has 11 heteroatoms. The first-order chi connectivity index (χ1) is 23.1. The molecule has 3 amide bonds. The molecule has 11 nitrogen and oxygen atoms in total. The molecule has 0 aromatic rings. The van der Waals surface area contributed by atoms with E-state index in [1.165, 1.54) is 0 Å². The number of nitrogens with one attached hydrogen (secondary N) is 3.